The lowest BCUT2D eigenvalue weighted by Crippen LogP contribution is -2.39. The summed E-state index contributed by atoms with van der Waals surface area (Å²) < 4.78 is 2.02. The van der Waals surface area contributed by atoms with E-state index in [2.05, 4.69) is 42.2 Å². The first-order chi connectivity index (χ1) is 9.06. The minimum atomic E-state index is 0.588. The first kappa shape index (κ1) is 14.5. The number of rotatable bonds is 5. The molecule has 4 heteroatoms. The Hall–Kier alpha value is -0.870. The predicted molar refractivity (Wildman–Crippen MR) is 79.1 cm³/mol. The topological polar surface area (TPSA) is 33.1 Å². The number of aromatic nitrogens is 2. The minimum absolute atomic E-state index is 0.588. The minimum Gasteiger partial charge on any atom is -0.317 e. The third kappa shape index (κ3) is 4.05. The first-order valence-electron chi connectivity index (χ1n) is 7.50. The van der Waals surface area contributed by atoms with Crippen LogP contribution in [0.3, 0.4) is 0 Å². The second-order valence-corrected chi connectivity index (χ2v) is 6.12. The van der Waals surface area contributed by atoms with Crippen LogP contribution in [-0.2, 0) is 13.6 Å². The molecule has 0 spiro atoms. The van der Waals surface area contributed by atoms with Gasteiger partial charge in [-0.3, -0.25) is 9.58 Å². The molecule has 0 unspecified atom stereocenters. The van der Waals surface area contributed by atoms with Crippen LogP contribution in [0.2, 0.25) is 0 Å². The molecule has 108 valence electrons. The zero-order valence-corrected chi connectivity index (χ0v) is 12.8. The fourth-order valence-electron chi connectivity index (χ4n) is 2.87. The van der Waals surface area contributed by atoms with Crippen LogP contribution in [0.25, 0.3) is 0 Å². The third-order valence-electron chi connectivity index (χ3n) is 4.15. The van der Waals surface area contributed by atoms with Gasteiger partial charge in [0.05, 0.1) is 11.4 Å². The number of hydrogen-bond donors (Lipinski definition) is 1. The van der Waals surface area contributed by atoms with Crippen molar-refractivity contribution in [3.8, 4) is 0 Å². The Morgan fingerprint density at radius 1 is 1.42 bits per heavy atom. The quantitative estimate of drug-likeness (QED) is 0.882. The molecule has 1 saturated heterocycles. The molecular weight excluding hydrogens is 236 g/mol. The highest BCUT2D eigenvalue weighted by molar-refractivity contribution is 5.08. The lowest BCUT2D eigenvalue weighted by molar-refractivity contribution is 0.158. The second kappa shape index (κ2) is 6.53. The molecule has 2 rings (SSSR count). The van der Waals surface area contributed by atoms with E-state index in [1.165, 1.54) is 38.2 Å². The number of nitrogens with zero attached hydrogens (tertiary/aromatic N) is 3. The van der Waals surface area contributed by atoms with Crippen molar-refractivity contribution < 1.29 is 0 Å². The van der Waals surface area contributed by atoms with Crippen molar-refractivity contribution in [1.82, 2.24) is 20.0 Å². The molecule has 1 aromatic rings. The van der Waals surface area contributed by atoms with Crippen molar-refractivity contribution >= 4 is 0 Å². The van der Waals surface area contributed by atoms with Gasteiger partial charge < -0.3 is 5.32 Å². The van der Waals surface area contributed by atoms with E-state index in [0.717, 1.165) is 18.2 Å². The van der Waals surface area contributed by atoms with Crippen LogP contribution in [0.5, 0.6) is 0 Å². The summed E-state index contributed by atoms with van der Waals surface area (Å²) in [5.41, 5.74) is 2.43. The van der Waals surface area contributed by atoms with Gasteiger partial charge in [-0.25, -0.2) is 0 Å². The molecule has 1 aliphatic rings. The molecule has 0 aliphatic carbocycles. The summed E-state index contributed by atoms with van der Waals surface area (Å²) in [4.78, 5) is 2.59. The van der Waals surface area contributed by atoms with Gasteiger partial charge in [0.2, 0.25) is 0 Å². The Labute approximate surface area is 117 Å². The molecule has 0 saturated carbocycles. The van der Waals surface area contributed by atoms with Gasteiger partial charge in [0.1, 0.15) is 0 Å². The van der Waals surface area contributed by atoms with E-state index in [1.54, 1.807) is 0 Å². The first-order valence-corrected chi connectivity index (χ1v) is 7.50. The van der Waals surface area contributed by atoms with E-state index in [0.29, 0.717) is 6.04 Å². The maximum absolute atomic E-state index is 4.45. The Morgan fingerprint density at radius 2 is 2.11 bits per heavy atom. The van der Waals surface area contributed by atoms with Crippen LogP contribution in [-0.4, -0.2) is 40.4 Å². The average molecular weight is 264 g/mol. The summed E-state index contributed by atoms with van der Waals surface area (Å²) in [7, 11) is 2.05. The fourth-order valence-corrected chi connectivity index (χ4v) is 2.87. The van der Waals surface area contributed by atoms with Crippen LogP contribution >= 0.6 is 0 Å². The molecule has 0 amide bonds. The van der Waals surface area contributed by atoms with Crippen LogP contribution in [0.15, 0.2) is 6.07 Å². The molecule has 19 heavy (non-hydrogen) atoms. The maximum Gasteiger partial charge on any atom is 0.0597 e. The summed E-state index contributed by atoms with van der Waals surface area (Å²) in [5.74, 6) is 0.845. The molecule has 1 fully saturated rings. The molecule has 1 aliphatic heterocycles. The van der Waals surface area contributed by atoms with Crippen molar-refractivity contribution in [1.29, 1.82) is 0 Å². The molecule has 1 N–H and O–H groups in total. The zero-order chi connectivity index (χ0) is 13.8. The molecule has 0 bridgehead atoms. The van der Waals surface area contributed by atoms with Crippen LogP contribution in [0.4, 0.5) is 0 Å². The lowest BCUT2D eigenvalue weighted by atomic mass is 9.97. The monoisotopic (exact) mass is 264 g/mol. The molecule has 0 aromatic carbocycles. The molecule has 4 nitrogen and oxygen atoms in total. The van der Waals surface area contributed by atoms with Crippen molar-refractivity contribution in [2.75, 3.05) is 19.6 Å². The lowest BCUT2D eigenvalue weighted by Gasteiger charge is -2.32. The Bertz CT molecular complexity index is 391. The van der Waals surface area contributed by atoms with Gasteiger partial charge in [-0.05, 0) is 58.7 Å². The smallest absolute Gasteiger partial charge is 0.0597 e. The SMILES string of the molecule is Cc1cc(CN(CC2CCNCC2)C(C)C)n(C)n1. The maximum atomic E-state index is 4.45. The highest BCUT2D eigenvalue weighted by atomic mass is 15.3. The van der Waals surface area contributed by atoms with Crippen LogP contribution in [0, 0.1) is 12.8 Å². The number of aryl methyl sites for hydroxylation is 2. The van der Waals surface area contributed by atoms with E-state index >= 15 is 0 Å². The van der Waals surface area contributed by atoms with Gasteiger partial charge in [0, 0.05) is 26.2 Å². The molecule has 2 heterocycles. The normalized spacial score (nSPS) is 17.6. The van der Waals surface area contributed by atoms with Crippen LogP contribution < -0.4 is 5.32 Å². The van der Waals surface area contributed by atoms with Crippen molar-refractivity contribution in [2.24, 2.45) is 13.0 Å². The largest absolute Gasteiger partial charge is 0.317 e. The van der Waals surface area contributed by atoms with Gasteiger partial charge in [-0.2, -0.15) is 5.10 Å². The van der Waals surface area contributed by atoms with E-state index in [4.69, 9.17) is 0 Å². The summed E-state index contributed by atoms with van der Waals surface area (Å²) in [6.45, 7) is 11.2. The Kier molecular flexibility index (Phi) is 4.99. The Balaban J connectivity index is 1.97. The highest BCUT2D eigenvalue weighted by Crippen LogP contribution is 2.17. The highest BCUT2D eigenvalue weighted by Gasteiger charge is 2.20. The van der Waals surface area contributed by atoms with E-state index in [-0.39, 0.29) is 0 Å². The fraction of sp³-hybridized carbons (Fsp3) is 0.800. The van der Waals surface area contributed by atoms with E-state index < -0.39 is 0 Å². The molecule has 0 radical (unpaired) electrons. The van der Waals surface area contributed by atoms with Gasteiger partial charge >= 0.3 is 0 Å². The third-order valence-corrected chi connectivity index (χ3v) is 4.15. The average Bonchev–Trinajstić information content (AvgIpc) is 2.68. The standard InChI is InChI=1S/C15H28N4/c1-12(2)19(10-14-5-7-16-8-6-14)11-15-9-13(3)17-18(15)4/h9,12,14,16H,5-8,10-11H2,1-4H3. The van der Waals surface area contributed by atoms with Gasteiger partial charge in [0.25, 0.3) is 0 Å². The van der Waals surface area contributed by atoms with Crippen molar-refractivity contribution in [3.05, 3.63) is 17.5 Å². The number of hydrogen-bond acceptors (Lipinski definition) is 3. The van der Waals surface area contributed by atoms with E-state index in [9.17, 15) is 0 Å². The Morgan fingerprint density at radius 3 is 2.63 bits per heavy atom. The molecule has 0 atom stereocenters. The molecule has 1 aromatic heterocycles. The summed E-state index contributed by atoms with van der Waals surface area (Å²) in [5, 5.41) is 7.90. The summed E-state index contributed by atoms with van der Waals surface area (Å²) in [6.07, 6.45) is 2.63. The van der Waals surface area contributed by atoms with Gasteiger partial charge in [-0.1, -0.05) is 0 Å². The van der Waals surface area contributed by atoms with Crippen LogP contribution in [0.1, 0.15) is 38.1 Å². The van der Waals surface area contributed by atoms with Crippen molar-refractivity contribution in [2.45, 2.75) is 46.2 Å². The van der Waals surface area contributed by atoms with E-state index in [1.807, 2.05) is 11.7 Å². The predicted octanol–water partition coefficient (Wildman–Crippen LogP) is 1.94. The number of nitrogens with one attached hydrogen (secondary N) is 1. The number of piperidine rings is 1. The van der Waals surface area contributed by atoms with Gasteiger partial charge in [0.15, 0.2) is 0 Å². The van der Waals surface area contributed by atoms with Crippen molar-refractivity contribution in [3.63, 3.8) is 0 Å². The zero-order valence-electron chi connectivity index (χ0n) is 12.8. The summed E-state index contributed by atoms with van der Waals surface area (Å²) >= 11 is 0. The summed E-state index contributed by atoms with van der Waals surface area (Å²) in [6, 6.07) is 2.79. The van der Waals surface area contributed by atoms with Gasteiger partial charge in [-0.15, -0.1) is 0 Å². The molecular formula is C15H28N4. The second-order valence-electron chi connectivity index (χ2n) is 6.12.